The van der Waals surface area contributed by atoms with Gasteiger partial charge in [-0.1, -0.05) is 19.4 Å². The standard InChI is InChI=1S/C18H29N3O2/c1-6-21-12-8-7-9-15(21)14-10-11-16(19-13-14)20(5)17(22)23-18(2,3)4/h10-11,13,15H,6-9,12H2,1-5H3/t15-/m1/s1. The fourth-order valence-corrected chi connectivity index (χ4v) is 2.96. The second-order valence-corrected chi connectivity index (χ2v) is 7.13. The Morgan fingerprint density at radius 2 is 2.13 bits per heavy atom. The van der Waals surface area contributed by atoms with Gasteiger partial charge in [0.2, 0.25) is 0 Å². The third-order valence-electron chi connectivity index (χ3n) is 4.19. The van der Waals surface area contributed by atoms with Gasteiger partial charge in [-0.15, -0.1) is 0 Å². The normalized spacial score (nSPS) is 19.4. The predicted octanol–water partition coefficient (Wildman–Crippen LogP) is 4.00. The van der Waals surface area contributed by atoms with Crippen LogP contribution in [0.2, 0.25) is 0 Å². The Bertz CT molecular complexity index is 522. The van der Waals surface area contributed by atoms with E-state index >= 15 is 0 Å². The molecule has 2 rings (SSSR count). The number of hydrogen-bond donors (Lipinski definition) is 0. The first-order valence-electron chi connectivity index (χ1n) is 8.48. The van der Waals surface area contributed by atoms with Crippen LogP contribution in [0.5, 0.6) is 0 Å². The third-order valence-corrected chi connectivity index (χ3v) is 4.19. The Morgan fingerprint density at radius 3 is 2.70 bits per heavy atom. The highest BCUT2D eigenvalue weighted by Gasteiger charge is 2.24. The number of piperidine rings is 1. The van der Waals surface area contributed by atoms with Crippen LogP contribution >= 0.6 is 0 Å². The molecule has 23 heavy (non-hydrogen) atoms. The lowest BCUT2D eigenvalue weighted by atomic mass is 9.96. The number of nitrogens with zero attached hydrogens (tertiary/aromatic N) is 3. The molecule has 0 unspecified atom stereocenters. The molecule has 0 aromatic carbocycles. The molecule has 1 atom stereocenters. The number of rotatable bonds is 3. The van der Waals surface area contributed by atoms with Crippen molar-refractivity contribution in [1.29, 1.82) is 0 Å². The van der Waals surface area contributed by atoms with E-state index in [0.29, 0.717) is 11.9 Å². The van der Waals surface area contributed by atoms with Crippen LogP contribution in [-0.4, -0.2) is 41.7 Å². The molecule has 2 heterocycles. The molecular formula is C18H29N3O2. The average Bonchev–Trinajstić information content (AvgIpc) is 2.52. The van der Waals surface area contributed by atoms with Gasteiger partial charge >= 0.3 is 6.09 Å². The quantitative estimate of drug-likeness (QED) is 0.845. The minimum Gasteiger partial charge on any atom is -0.443 e. The van der Waals surface area contributed by atoms with E-state index in [-0.39, 0.29) is 6.09 Å². The molecule has 0 aliphatic carbocycles. The van der Waals surface area contributed by atoms with Crippen LogP contribution in [0.25, 0.3) is 0 Å². The molecule has 0 saturated carbocycles. The van der Waals surface area contributed by atoms with Crippen molar-refractivity contribution in [2.24, 2.45) is 0 Å². The molecule has 0 radical (unpaired) electrons. The van der Waals surface area contributed by atoms with E-state index in [1.807, 2.05) is 33.0 Å². The molecule has 0 bridgehead atoms. The summed E-state index contributed by atoms with van der Waals surface area (Å²) in [5.74, 6) is 0.613. The highest BCUT2D eigenvalue weighted by Crippen LogP contribution is 2.30. The van der Waals surface area contributed by atoms with E-state index < -0.39 is 5.60 Å². The van der Waals surface area contributed by atoms with Crippen LogP contribution in [0.4, 0.5) is 10.6 Å². The molecular weight excluding hydrogens is 290 g/mol. The van der Waals surface area contributed by atoms with Gasteiger partial charge in [0.15, 0.2) is 0 Å². The van der Waals surface area contributed by atoms with Crippen LogP contribution in [0.15, 0.2) is 18.3 Å². The maximum Gasteiger partial charge on any atom is 0.415 e. The van der Waals surface area contributed by atoms with Crippen molar-refractivity contribution in [2.75, 3.05) is 25.0 Å². The fraction of sp³-hybridized carbons (Fsp3) is 0.667. The molecule has 1 aromatic heterocycles. The molecule has 128 valence electrons. The van der Waals surface area contributed by atoms with Gasteiger partial charge in [0.1, 0.15) is 11.4 Å². The SMILES string of the molecule is CCN1CCCC[C@@H]1c1ccc(N(C)C(=O)OC(C)(C)C)nc1. The van der Waals surface area contributed by atoms with Crippen molar-refractivity contribution >= 4 is 11.9 Å². The summed E-state index contributed by atoms with van der Waals surface area (Å²) < 4.78 is 5.37. The number of anilines is 1. The first kappa shape index (κ1) is 17.7. The molecule has 1 aliphatic rings. The fourth-order valence-electron chi connectivity index (χ4n) is 2.96. The summed E-state index contributed by atoms with van der Waals surface area (Å²) in [4.78, 5) is 20.5. The van der Waals surface area contributed by atoms with Crippen molar-refractivity contribution in [3.63, 3.8) is 0 Å². The minimum atomic E-state index is -0.505. The van der Waals surface area contributed by atoms with Crippen molar-refractivity contribution in [3.05, 3.63) is 23.9 Å². The van der Waals surface area contributed by atoms with Crippen molar-refractivity contribution in [2.45, 2.75) is 58.6 Å². The topological polar surface area (TPSA) is 45.7 Å². The summed E-state index contributed by atoms with van der Waals surface area (Å²) >= 11 is 0. The van der Waals surface area contributed by atoms with Crippen LogP contribution in [0.1, 0.15) is 58.6 Å². The molecule has 0 spiro atoms. The molecule has 1 aliphatic heterocycles. The van der Waals surface area contributed by atoms with Crippen molar-refractivity contribution in [3.8, 4) is 0 Å². The Balaban J connectivity index is 2.08. The number of amides is 1. The van der Waals surface area contributed by atoms with Crippen molar-refractivity contribution in [1.82, 2.24) is 9.88 Å². The second kappa shape index (κ2) is 7.30. The molecule has 1 amide bonds. The summed E-state index contributed by atoms with van der Waals surface area (Å²) in [7, 11) is 1.69. The third kappa shape index (κ3) is 4.67. The van der Waals surface area contributed by atoms with Gasteiger partial charge in [-0.05, 0) is 58.3 Å². The van der Waals surface area contributed by atoms with E-state index in [0.717, 1.165) is 13.1 Å². The highest BCUT2D eigenvalue weighted by atomic mass is 16.6. The number of likely N-dealkylation sites (tertiary alicyclic amines) is 1. The summed E-state index contributed by atoms with van der Waals surface area (Å²) in [6.45, 7) is 9.99. The molecule has 0 N–H and O–H groups in total. The van der Waals surface area contributed by atoms with Gasteiger partial charge < -0.3 is 4.74 Å². The zero-order valence-electron chi connectivity index (χ0n) is 15.0. The summed E-state index contributed by atoms with van der Waals surface area (Å²) in [5, 5.41) is 0. The lowest BCUT2D eigenvalue weighted by Gasteiger charge is -2.35. The summed E-state index contributed by atoms with van der Waals surface area (Å²) in [5.41, 5.74) is 0.725. The number of hydrogen-bond acceptors (Lipinski definition) is 4. The van der Waals surface area contributed by atoms with E-state index in [1.165, 1.54) is 29.7 Å². The number of pyridine rings is 1. The molecule has 1 aromatic rings. The number of carbonyl (C=O) groups is 1. The number of carbonyl (C=O) groups excluding carboxylic acids is 1. The maximum absolute atomic E-state index is 12.1. The van der Waals surface area contributed by atoms with Gasteiger partial charge in [-0.2, -0.15) is 0 Å². The Labute approximate surface area is 139 Å². The maximum atomic E-state index is 12.1. The van der Waals surface area contributed by atoms with Crippen molar-refractivity contribution < 1.29 is 9.53 Å². The van der Waals surface area contributed by atoms with Gasteiger partial charge in [0.05, 0.1) is 0 Å². The monoisotopic (exact) mass is 319 g/mol. The predicted molar refractivity (Wildman–Crippen MR) is 92.7 cm³/mol. The summed E-state index contributed by atoms with van der Waals surface area (Å²) in [6, 6.07) is 4.44. The summed E-state index contributed by atoms with van der Waals surface area (Å²) in [6.07, 6.45) is 5.23. The van der Waals surface area contributed by atoms with Gasteiger partial charge in [-0.25, -0.2) is 9.78 Å². The van der Waals surface area contributed by atoms with E-state index in [9.17, 15) is 4.79 Å². The molecule has 1 fully saturated rings. The smallest absolute Gasteiger partial charge is 0.415 e. The zero-order chi connectivity index (χ0) is 17.0. The second-order valence-electron chi connectivity index (χ2n) is 7.13. The lowest BCUT2D eigenvalue weighted by molar-refractivity contribution is 0.0588. The first-order valence-corrected chi connectivity index (χ1v) is 8.48. The van der Waals surface area contributed by atoms with E-state index in [4.69, 9.17) is 4.74 Å². The molecule has 1 saturated heterocycles. The van der Waals surface area contributed by atoms with E-state index in [2.05, 4.69) is 22.9 Å². The largest absolute Gasteiger partial charge is 0.443 e. The Kier molecular flexibility index (Phi) is 5.63. The molecule has 5 heteroatoms. The highest BCUT2D eigenvalue weighted by molar-refractivity contribution is 5.85. The Morgan fingerprint density at radius 1 is 1.39 bits per heavy atom. The van der Waals surface area contributed by atoms with Crippen LogP contribution < -0.4 is 4.90 Å². The van der Waals surface area contributed by atoms with Crippen LogP contribution in [0.3, 0.4) is 0 Å². The average molecular weight is 319 g/mol. The van der Waals surface area contributed by atoms with Crippen LogP contribution in [-0.2, 0) is 4.74 Å². The van der Waals surface area contributed by atoms with Crippen LogP contribution in [0, 0.1) is 0 Å². The van der Waals surface area contributed by atoms with Gasteiger partial charge in [0.25, 0.3) is 0 Å². The van der Waals surface area contributed by atoms with E-state index in [1.54, 1.807) is 7.05 Å². The lowest BCUT2D eigenvalue weighted by Crippen LogP contribution is -2.35. The van der Waals surface area contributed by atoms with Gasteiger partial charge in [-0.3, -0.25) is 9.80 Å². The minimum absolute atomic E-state index is 0.384. The molecule has 5 nitrogen and oxygen atoms in total. The number of ether oxygens (including phenoxy) is 1. The van der Waals surface area contributed by atoms with Gasteiger partial charge in [0, 0.05) is 19.3 Å². The first-order chi connectivity index (χ1) is 10.8. The Hall–Kier alpha value is -1.62. The number of aromatic nitrogens is 1. The zero-order valence-corrected chi connectivity index (χ0v) is 15.0.